The molecule has 0 aliphatic carbocycles. The summed E-state index contributed by atoms with van der Waals surface area (Å²) in [7, 11) is 0. The number of nitrogens with zero attached hydrogens (tertiary/aromatic N) is 3. The molecular weight excluding hydrogens is 242 g/mol. The summed E-state index contributed by atoms with van der Waals surface area (Å²) in [5.41, 5.74) is 0.235. The third-order valence-corrected chi connectivity index (χ3v) is 4.29. The number of aliphatic hydroxyl groups is 1. The highest BCUT2D eigenvalue weighted by atomic mass is 16.3. The SMILES string of the molecule is CC(C)(C)C1=C(O)N2CCCN3CCCN(C1=O)C32. The third kappa shape index (κ3) is 1.83. The molecule has 3 heterocycles. The van der Waals surface area contributed by atoms with E-state index in [0.29, 0.717) is 5.57 Å². The molecule has 5 nitrogen and oxygen atoms in total. The summed E-state index contributed by atoms with van der Waals surface area (Å²) >= 11 is 0. The lowest BCUT2D eigenvalue weighted by molar-refractivity contribution is -0.166. The Kier molecular flexibility index (Phi) is 2.78. The third-order valence-electron chi connectivity index (χ3n) is 4.29. The predicted molar refractivity (Wildman–Crippen MR) is 72.1 cm³/mol. The minimum Gasteiger partial charge on any atom is -0.494 e. The van der Waals surface area contributed by atoms with Gasteiger partial charge in [0.15, 0.2) is 12.2 Å². The molecule has 0 radical (unpaired) electrons. The first kappa shape index (κ1) is 12.8. The van der Waals surface area contributed by atoms with Gasteiger partial charge in [-0.25, -0.2) is 0 Å². The van der Waals surface area contributed by atoms with Crippen LogP contribution in [0.5, 0.6) is 0 Å². The van der Waals surface area contributed by atoms with Crippen LogP contribution in [0.2, 0.25) is 0 Å². The van der Waals surface area contributed by atoms with E-state index in [2.05, 4.69) is 4.90 Å². The summed E-state index contributed by atoms with van der Waals surface area (Å²) in [4.78, 5) is 18.9. The number of hydrogen-bond donors (Lipinski definition) is 1. The Morgan fingerprint density at radius 2 is 1.63 bits per heavy atom. The van der Waals surface area contributed by atoms with Crippen LogP contribution in [0.3, 0.4) is 0 Å². The smallest absolute Gasteiger partial charge is 0.258 e. The average molecular weight is 265 g/mol. The Labute approximate surface area is 114 Å². The van der Waals surface area contributed by atoms with Crippen molar-refractivity contribution in [1.29, 1.82) is 0 Å². The van der Waals surface area contributed by atoms with Crippen LogP contribution in [0.4, 0.5) is 0 Å². The zero-order valence-electron chi connectivity index (χ0n) is 12.0. The quantitative estimate of drug-likeness (QED) is 0.718. The normalized spacial score (nSPS) is 28.8. The zero-order valence-corrected chi connectivity index (χ0v) is 12.0. The van der Waals surface area contributed by atoms with E-state index < -0.39 is 0 Å². The molecule has 1 unspecified atom stereocenters. The van der Waals surface area contributed by atoms with E-state index in [1.807, 2.05) is 30.6 Å². The first-order valence-electron chi connectivity index (χ1n) is 7.16. The van der Waals surface area contributed by atoms with Gasteiger partial charge in [0, 0.05) is 26.2 Å². The van der Waals surface area contributed by atoms with E-state index in [4.69, 9.17) is 0 Å². The molecule has 2 saturated heterocycles. The van der Waals surface area contributed by atoms with Gasteiger partial charge in [0.2, 0.25) is 0 Å². The monoisotopic (exact) mass is 265 g/mol. The minimum absolute atomic E-state index is 0.0119. The topological polar surface area (TPSA) is 47.0 Å². The standard InChI is InChI=1S/C14H23N3O2/c1-14(2,3)10-11(18)16-8-4-6-15-7-5-9-17(12(10)19)13(15)16/h13,18H,4-9H2,1-3H3. The molecule has 19 heavy (non-hydrogen) atoms. The fraction of sp³-hybridized carbons (Fsp3) is 0.786. The molecule has 1 amide bonds. The van der Waals surface area contributed by atoms with Gasteiger partial charge in [-0.05, 0) is 18.3 Å². The van der Waals surface area contributed by atoms with E-state index in [-0.39, 0.29) is 23.5 Å². The summed E-state index contributed by atoms with van der Waals surface area (Å²) in [5, 5.41) is 10.6. The molecule has 0 saturated carbocycles. The van der Waals surface area contributed by atoms with E-state index in [1.54, 1.807) is 0 Å². The predicted octanol–water partition coefficient (Wildman–Crippen LogP) is 1.34. The van der Waals surface area contributed by atoms with Crippen LogP contribution < -0.4 is 0 Å². The van der Waals surface area contributed by atoms with Crippen molar-refractivity contribution in [2.75, 3.05) is 26.2 Å². The lowest BCUT2D eigenvalue weighted by Crippen LogP contribution is -2.68. The van der Waals surface area contributed by atoms with E-state index in [9.17, 15) is 9.90 Å². The molecule has 0 spiro atoms. The van der Waals surface area contributed by atoms with Crippen molar-refractivity contribution in [2.24, 2.45) is 5.41 Å². The molecule has 3 aliphatic rings. The maximum atomic E-state index is 12.7. The number of hydrogen-bond acceptors (Lipinski definition) is 4. The van der Waals surface area contributed by atoms with Crippen LogP contribution >= 0.6 is 0 Å². The minimum atomic E-state index is -0.328. The number of rotatable bonds is 0. The second-order valence-corrected chi connectivity index (χ2v) is 6.73. The van der Waals surface area contributed by atoms with Crippen LogP contribution in [0.15, 0.2) is 11.5 Å². The molecule has 3 aliphatic heterocycles. The van der Waals surface area contributed by atoms with Crippen molar-refractivity contribution in [1.82, 2.24) is 14.7 Å². The van der Waals surface area contributed by atoms with Crippen molar-refractivity contribution in [2.45, 2.75) is 39.9 Å². The van der Waals surface area contributed by atoms with Crippen LogP contribution in [-0.2, 0) is 4.79 Å². The van der Waals surface area contributed by atoms with Gasteiger partial charge in [0.25, 0.3) is 5.91 Å². The zero-order chi connectivity index (χ0) is 13.8. The molecule has 3 rings (SSSR count). The van der Waals surface area contributed by atoms with Crippen LogP contribution in [0.25, 0.3) is 0 Å². The lowest BCUT2D eigenvalue weighted by Gasteiger charge is -2.55. The fourth-order valence-electron chi connectivity index (χ4n) is 3.49. The number of carbonyl (C=O) groups excluding carboxylic acids is 1. The van der Waals surface area contributed by atoms with Gasteiger partial charge >= 0.3 is 0 Å². The largest absolute Gasteiger partial charge is 0.494 e. The highest BCUT2D eigenvalue weighted by Gasteiger charge is 2.48. The van der Waals surface area contributed by atoms with Crippen LogP contribution in [0, 0.1) is 5.41 Å². The maximum Gasteiger partial charge on any atom is 0.258 e. The van der Waals surface area contributed by atoms with Crippen LogP contribution in [0.1, 0.15) is 33.6 Å². The first-order valence-corrected chi connectivity index (χ1v) is 7.16. The molecule has 2 fully saturated rings. The van der Waals surface area contributed by atoms with Gasteiger partial charge in [-0.3, -0.25) is 9.69 Å². The van der Waals surface area contributed by atoms with Crippen molar-refractivity contribution in [3.8, 4) is 0 Å². The summed E-state index contributed by atoms with van der Waals surface area (Å²) < 4.78 is 0. The summed E-state index contributed by atoms with van der Waals surface area (Å²) in [6.45, 7) is 9.62. The Morgan fingerprint density at radius 1 is 1.05 bits per heavy atom. The molecule has 0 aromatic heterocycles. The van der Waals surface area contributed by atoms with Gasteiger partial charge in [-0.15, -0.1) is 0 Å². The molecule has 0 bridgehead atoms. The van der Waals surface area contributed by atoms with Crippen molar-refractivity contribution in [3.05, 3.63) is 11.5 Å². The Balaban J connectivity index is 2.08. The molecule has 5 heteroatoms. The maximum absolute atomic E-state index is 12.7. The molecular formula is C14H23N3O2. The van der Waals surface area contributed by atoms with Crippen molar-refractivity contribution in [3.63, 3.8) is 0 Å². The molecule has 0 aromatic rings. The Bertz CT molecular complexity index is 436. The van der Waals surface area contributed by atoms with Gasteiger partial charge in [0.05, 0.1) is 5.57 Å². The number of aliphatic hydroxyl groups excluding tert-OH is 1. The number of amides is 1. The van der Waals surface area contributed by atoms with E-state index in [0.717, 1.165) is 39.0 Å². The first-order chi connectivity index (χ1) is 8.91. The lowest BCUT2D eigenvalue weighted by atomic mass is 9.84. The van der Waals surface area contributed by atoms with Crippen LogP contribution in [-0.4, -0.2) is 58.2 Å². The van der Waals surface area contributed by atoms with Crippen molar-refractivity contribution >= 4 is 5.91 Å². The fourth-order valence-corrected chi connectivity index (χ4v) is 3.49. The van der Waals surface area contributed by atoms with Crippen molar-refractivity contribution < 1.29 is 9.90 Å². The summed E-state index contributed by atoms with van der Waals surface area (Å²) in [6.07, 6.45) is 2.01. The van der Waals surface area contributed by atoms with Gasteiger partial charge in [0.1, 0.15) is 0 Å². The van der Waals surface area contributed by atoms with Gasteiger partial charge < -0.3 is 14.9 Å². The van der Waals surface area contributed by atoms with Gasteiger partial charge in [-0.2, -0.15) is 0 Å². The van der Waals surface area contributed by atoms with Gasteiger partial charge in [-0.1, -0.05) is 20.8 Å². The molecule has 1 N–H and O–H groups in total. The highest BCUT2D eigenvalue weighted by Crippen LogP contribution is 2.38. The Morgan fingerprint density at radius 3 is 2.21 bits per heavy atom. The number of carbonyl (C=O) groups is 1. The second kappa shape index (κ2) is 4.13. The highest BCUT2D eigenvalue weighted by molar-refractivity contribution is 5.96. The molecule has 106 valence electrons. The Hall–Kier alpha value is -1.23. The summed E-state index contributed by atoms with van der Waals surface area (Å²) in [6, 6.07) is 0. The average Bonchev–Trinajstić information content (AvgIpc) is 2.34. The second-order valence-electron chi connectivity index (χ2n) is 6.73. The summed E-state index contributed by atoms with van der Waals surface area (Å²) in [5.74, 6) is 0.211. The molecule has 1 atom stereocenters. The molecule has 0 aromatic carbocycles. The van der Waals surface area contributed by atoms with E-state index >= 15 is 0 Å². The van der Waals surface area contributed by atoms with E-state index in [1.165, 1.54) is 0 Å².